The second-order valence-corrected chi connectivity index (χ2v) is 7.39. The van der Waals surface area contributed by atoms with Crippen LogP contribution < -0.4 is 15.5 Å². The topological polar surface area (TPSA) is 85.9 Å². The number of rotatable bonds is 5. The fourth-order valence-electron chi connectivity index (χ4n) is 3.79. The standard InChI is InChI=1S/C21H26N6O/c1-14-5-3-7-18(15(14)2)23-11-19(28)26-16-6-4-10-27(12-16)21-17-8-9-22-20(17)24-13-25-21/h3,5,7-9,13,16,23H,4,6,10-12H2,1-2H3,(H,26,28)(H,22,24,25). The first-order valence-corrected chi connectivity index (χ1v) is 9.74. The van der Waals surface area contributed by atoms with Gasteiger partial charge in [-0.1, -0.05) is 12.1 Å². The third-order valence-corrected chi connectivity index (χ3v) is 5.46. The van der Waals surface area contributed by atoms with E-state index in [1.165, 1.54) is 11.1 Å². The normalized spacial score (nSPS) is 16.9. The molecule has 1 fully saturated rings. The van der Waals surface area contributed by atoms with Crippen LogP contribution >= 0.6 is 0 Å². The molecule has 7 nitrogen and oxygen atoms in total. The summed E-state index contributed by atoms with van der Waals surface area (Å²) < 4.78 is 0. The minimum absolute atomic E-state index is 0.0160. The predicted molar refractivity (Wildman–Crippen MR) is 112 cm³/mol. The lowest BCUT2D eigenvalue weighted by Gasteiger charge is -2.34. The Morgan fingerprint density at radius 1 is 1.29 bits per heavy atom. The van der Waals surface area contributed by atoms with Gasteiger partial charge < -0.3 is 20.5 Å². The molecule has 1 atom stereocenters. The molecule has 1 aliphatic rings. The van der Waals surface area contributed by atoms with Crippen LogP contribution in [0, 0.1) is 13.8 Å². The van der Waals surface area contributed by atoms with Crippen LogP contribution in [0.3, 0.4) is 0 Å². The van der Waals surface area contributed by atoms with Crippen molar-refractivity contribution in [1.29, 1.82) is 0 Å². The number of aromatic nitrogens is 3. The zero-order valence-corrected chi connectivity index (χ0v) is 16.3. The number of piperidine rings is 1. The first-order chi connectivity index (χ1) is 13.6. The summed E-state index contributed by atoms with van der Waals surface area (Å²) in [6.45, 7) is 6.11. The van der Waals surface area contributed by atoms with Crippen LogP contribution in [0.25, 0.3) is 11.0 Å². The molecular formula is C21H26N6O. The van der Waals surface area contributed by atoms with Gasteiger partial charge in [0.1, 0.15) is 17.8 Å². The number of fused-ring (bicyclic) bond motifs is 1. The van der Waals surface area contributed by atoms with E-state index in [1.807, 2.05) is 24.4 Å². The summed E-state index contributed by atoms with van der Waals surface area (Å²) >= 11 is 0. The Hall–Kier alpha value is -3.09. The third-order valence-electron chi connectivity index (χ3n) is 5.46. The molecule has 3 aromatic rings. The molecule has 1 saturated heterocycles. The number of H-pyrrole nitrogens is 1. The summed E-state index contributed by atoms with van der Waals surface area (Å²) in [6, 6.07) is 8.21. The van der Waals surface area contributed by atoms with Crippen molar-refractivity contribution in [3.63, 3.8) is 0 Å². The van der Waals surface area contributed by atoms with E-state index in [4.69, 9.17) is 0 Å². The summed E-state index contributed by atoms with van der Waals surface area (Å²) in [6.07, 6.45) is 5.47. The molecule has 0 saturated carbocycles. The lowest BCUT2D eigenvalue weighted by Crippen LogP contribution is -2.49. The molecule has 1 unspecified atom stereocenters. The Bertz CT molecular complexity index is 982. The van der Waals surface area contributed by atoms with Gasteiger partial charge in [-0.3, -0.25) is 4.79 Å². The summed E-state index contributed by atoms with van der Waals surface area (Å²) in [7, 11) is 0. The Kier molecular flexibility index (Phi) is 5.14. The molecule has 0 aliphatic carbocycles. The second kappa shape index (κ2) is 7.88. The van der Waals surface area contributed by atoms with Crippen LogP contribution in [0.5, 0.6) is 0 Å². The molecule has 0 spiro atoms. The van der Waals surface area contributed by atoms with Gasteiger partial charge in [-0.05, 0) is 49.9 Å². The predicted octanol–water partition coefficient (Wildman–Crippen LogP) is 2.77. The number of hydrogen-bond donors (Lipinski definition) is 3. The van der Waals surface area contributed by atoms with Gasteiger partial charge in [-0.15, -0.1) is 0 Å². The highest BCUT2D eigenvalue weighted by molar-refractivity contribution is 5.87. The Balaban J connectivity index is 1.36. The molecule has 7 heteroatoms. The SMILES string of the molecule is Cc1cccc(NCC(=O)NC2CCCN(c3ncnc4[nH]ccc34)C2)c1C. The first kappa shape index (κ1) is 18.3. The minimum atomic E-state index is 0.0160. The van der Waals surface area contributed by atoms with Crippen molar-refractivity contribution in [2.45, 2.75) is 32.7 Å². The van der Waals surface area contributed by atoms with E-state index in [-0.39, 0.29) is 18.5 Å². The maximum absolute atomic E-state index is 12.5. The number of aromatic amines is 1. The van der Waals surface area contributed by atoms with Crippen LogP contribution in [-0.2, 0) is 4.79 Å². The van der Waals surface area contributed by atoms with E-state index in [2.05, 4.69) is 50.4 Å². The summed E-state index contributed by atoms with van der Waals surface area (Å²) in [5, 5.41) is 7.45. The highest BCUT2D eigenvalue weighted by Gasteiger charge is 2.23. The van der Waals surface area contributed by atoms with E-state index in [0.29, 0.717) is 0 Å². The molecule has 3 N–H and O–H groups in total. The largest absolute Gasteiger partial charge is 0.376 e. The molecule has 3 heterocycles. The number of hydrogen-bond acceptors (Lipinski definition) is 5. The highest BCUT2D eigenvalue weighted by atomic mass is 16.2. The van der Waals surface area contributed by atoms with Crippen molar-refractivity contribution >= 4 is 28.4 Å². The number of nitrogens with one attached hydrogen (secondary N) is 3. The van der Waals surface area contributed by atoms with Crippen molar-refractivity contribution in [3.8, 4) is 0 Å². The summed E-state index contributed by atoms with van der Waals surface area (Å²) in [5.41, 5.74) is 4.25. The van der Waals surface area contributed by atoms with Crippen LogP contribution in [0.1, 0.15) is 24.0 Å². The van der Waals surface area contributed by atoms with Gasteiger partial charge in [0.2, 0.25) is 5.91 Å². The van der Waals surface area contributed by atoms with Crippen molar-refractivity contribution < 1.29 is 4.79 Å². The monoisotopic (exact) mass is 378 g/mol. The van der Waals surface area contributed by atoms with Crippen molar-refractivity contribution in [2.24, 2.45) is 0 Å². The number of benzene rings is 1. The van der Waals surface area contributed by atoms with Crippen molar-refractivity contribution in [1.82, 2.24) is 20.3 Å². The van der Waals surface area contributed by atoms with Gasteiger partial charge in [0.05, 0.1) is 11.9 Å². The molecule has 146 valence electrons. The lowest BCUT2D eigenvalue weighted by atomic mass is 10.1. The fraction of sp³-hybridized carbons (Fsp3) is 0.381. The first-order valence-electron chi connectivity index (χ1n) is 9.74. The van der Waals surface area contributed by atoms with Crippen LogP contribution in [-0.4, -0.2) is 46.5 Å². The number of carbonyl (C=O) groups is 1. The molecule has 1 aromatic carbocycles. The number of carbonyl (C=O) groups excluding carboxylic acids is 1. The number of aryl methyl sites for hydroxylation is 1. The fourth-order valence-corrected chi connectivity index (χ4v) is 3.79. The lowest BCUT2D eigenvalue weighted by molar-refractivity contribution is -0.120. The number of amides is 1. The molecule has 1 amide bonds. The average molecular weight is 378 g/mol. The van der Waals surface area contributed by atoms with Gasteiger partial charge in [-0.25, -0.2) is 9.97 Å². The molecule has 0 radical (unpaired) electrons. The van der Waals surface area contributed by atoms with Gasteiger partial charge in [0.25, 0.3) is 0 Å². The van der Waals surface area contributed by atoms with Crippen LogP contribution in [0.4, 0.5) is 11.5 Å². The molecular weight excluding hydrogens is 352 g/mol. The van der Waals surface area contributed by atoms with Gasteiger partial charge in [0, 0.05) is 31.0 Å². The van der Waals surface area contributed by atoms with Crippen LogP contribution in [0.2, 0.25) is 0 Å². The summed E-state index contributed by atoms with van der Waals surface area (Å²) in [4.78, 5) is 26.6. The van der Waals surface area contributed by atoms with E-state index in [1.54, 1.807) is 6.33 Å². The zero-order chi connectivity index (χ0) is 19.5. The third kappa shape index (κ3) is 3.78. The molecule has 4 rings (SSSR count). The van der Waals surface area contributed by atoms with Gasteiger partial charge in [-0.2, -0.15) is 0 Å². The van der Waals surface area contributed by atoms with Gasteiger partial charge in [0.15, 0.2) is 0 Å². The minimum Gasteiger partial charge on any atom is -0.376 e. The Labute approximate surface area is 164 Å². The van der Waals surface area contributed by atoms with E-state index in [9.17, 15) is 4.79 Å². The molecule has 2 aromatic heterocycles. The quantitative estimate of drug-likeness (QED) is 0.636. The zero-order valence-electron chi connectivity index (χ0n) is 16.3. The van der Waals surface area contributed by atoms with Gasteiger partial charge >= 0.3 is 0 Å². The maximum Gasteiger partial charge on any atom is 0.239 e. The Morgan fingerprint density at radius 3 is 3.07 bits per heavy atom. The van der Waals surface area contributed by atoms with E-state index >= 15 is 0 Å². The second-order valence-electron chi connectivity index (χ2n) is 7.39. The van der Waals surface area contributed by atoms with E-state index < -0.39 is 0 Å². The van der Waals surface area contributed by atoms with E-state index in [0.717, 1.165) is 48.5 Å². The number of nitrogens with zero attached hydrogens (tertiary/aromatic N) is 3. The molecule has 28 heavy (non-hydrogen) atoms. The maximum atomic E-state index is 12.5. The molecule has 0 bridgehead atoms. The Morgan fingerprint density at radius 2 is 2.18 bits per heavy atom. The average Bonchev–Trinajstić information content (AvgIpc) is 3.18. The molecule has 1 aliphatic heterocycles. The van der Waals surface area contributed by atoms with Crippen molar-refractivity contribution in [3.05, 3.63) is 47.9 Å². The number of anilines is 2. The summed E-state index contributed by atoms with van der Waals surface area (Å²) in [5.74, 6) is 0.945. The van der Waals surface area contributed by atoms with Crippen molar-refractivity contribution in [2.75, 3.05) is 29.9 Å². The highest BCUT2D eigenvalue weighted by Crippen LogP contribution is 2.25. The van der Waals surface area contributed by atoms with Crippen LogP contribution in [0.15, 0.2) is 36.8 Å². The smallest absolute Gasteiger partial charge is 0.239 e.